The number of rotatable bonds is 4. The van der Waals surface area contributed by atoms with Crippen LogP contribution in [0.25, 0.3) is 0 Å². The summed E-state index contributed by atoms with van der Waals surface area (Å²) < 4.78 is 0. The van der Waals surface area contributed by atoms with Crippen LogP contribution in [0.2, 0.25) is 0 Å². The third-order valence-corrected chi connectivity index (χ3v) is 4.58. The van der Waals surface area contributed by atoms with Gasteiger partial charge in [-0.25, -0.2) is 0 Å². The number of amides is 1. The van der Waals surface area contributed by atoms with Gasteiger partial charge in [-0.2, -0.15) is 0 Å². The molecule has 0 aliphatic heterocycles. The Morgan fingerprint density at radius 2 is 1.86 bits per heavy atom. The first-order valence-electron chi connectivity index (χ1n) is 7.57. The lowest BCUT2D eigenvalue weighted by atomic mass is 9.95. The lowest BCUT2D eigenvalue weighted by Crippen LogP contribution is -2.35. The molecule has 1 fully saturated rings. The molecule has 1 aromatic carbocycles. The molecule has 2 atom stereocenters. The van der Waals surface area contributed by atoms with Crippen LogP contribution in [0.3, 0.4) is 0 Å². The summed E-state index contributed by atoms with van der Waals surface area (Å²) in [6.45, 7) is 7.58. The van der Waals surface area contributed by atoms with E-state index in [1.807, 2.05) is 0 Å². The maximum absolute atomic E-state index is 12.3. The van der Waals surface area contributed by atoms with E-state index in [0.29, 0.717) is 19.0 Å². The Morgan fingerprint density at radius 1 is 1.24 bits per heavy atom. The predicted molar refractivity (Wildman–Crippen MR) is 89.6 cm³/mol. The maximum Gasteiger partial charge on any atom is 0.223 e. The highest BCUT2D eigenvalue weighted by Gasteiger charge is 2.31. The van der Waals surface area contributed by atoms with Gasteiger partial charge in [-0.05, 0) is 62.8 Å². The zero-order valence-corrected chi connectivity index (χ0v) is 14.1. The van der Waals surface area contributed by atoms with E-state index in [4.69, 9.17) is 5.73 Å². The van der Waals surface area contributed by atoms with Gasteiger partial charge in [-0.3, -0.25) is 4.79 Å². The number of hydrogen-bond donors (Lipinski definition) is 2. The van der Waals surface area contributed by atoms with Crippen LogP contribution in [0, 0.1) is 32.6 Å². The Kier molecular flexibility index (Phi) is 6.69. The maximum atomic E-state index is 12.3. The molecule has 3 nitrogen and oxygen atoms in total. The second-order valence-electron chi connectivity index (χ2n) is 6.13. The molecule has 118 valence electrons. The Balaban J connectivity index is 0.00000220. The molecule has 0 unspecified atom stereocenters. The minimum Gasteiger partial charge on any atom is -0.352 e. The van der Waals surface area contributed by atoms with Crippen molar-refractivity contribution in [3.05, 3.63) is 34.4 Å². The Morgan fingerprint density at radius 3 is 2.43 bits per heavy atom. The van der Waals surface area contributed by atoms with Crippen LogP contribution in [0.15, 0.2) is 12.1 Å². The van der Waals surface area contributed by atoms with Crippen LogP contribution in [0.1, 0.15) is 41.5 Å². The van der Waals surface area contributed by atoms with Gasteiger partial charge in [0.25, 0.3) is 0 Å². The molecule has 4 heteroatoms. The highest BCUT2D eigenvalue weighted by Crippen LogP contribution is 2.31. The number of benzene rings is 1. The van der Waals surface area contributed by atoms with E-state index in [1.54, 1.807) is 0 Å². The van der Waals surface area contributed by atoms with Gasteiger partial charge in [-0.15, -0.1) is 12.4 Å². The van der Waals surface area contributed by atoms with Crippen molar-refractivity contribution < 1.29 is 4.79 Å². The van der Waals surface area contributed by atoms with Gasteiger partial charge >= 0.3 is 0 Å². The number of aryl methyl sites for hydroxylation is 3. The lowest BCUT2D eigenvalue weighted by Gasteiger charge is -2.18. The van der Waals surface area contributed by atoms with Crippen molar-refractivity contribution in [2.45, 2.75) is 46.6 Å². The molecule has 0 saturated heterocycles. The average molecular weight is 311 g/mol. The molecule has 1 aromatic rings. The first kappa shape index (κ1) is 18.0. The fourth-order valence-corrected chi connectivity index (χ4v) is 3.46. The lowest BCUT2D eigenvalue weighted by molar-refractivity contribution is -0.126. The molecule has 0 bridgehead atoms. The standard InChI is InChI=1S/C17H26N2O.ClH/c1-11-7-12(2)16(13(3)8-11)10-19-17(20)15-6-4-5-14(15)9-18;/h7-8,14-15H,4-6,9-10,18H2,1-3H3,(H,19,20);1H/t14-,15-;/m1./s1. The molecule has 1 aliphatic carbocycles. The van der Waals surface area contributed by atoms with E-state index in [0.717, 1.165) is 19.3 Å². The topological polar surface area (TPSA) is 55.1 Å². The summed E-state index contributed by atoms with van der Waals surface area (Å²) in [6.07, 6.45) is 3.21. The van der Waals surface area contributed by atoms with Gasteiger partial charge in [0, 0.05) is 12.5 Å². The number of hydrogen-bond acceptors (Lipinski definition) is 2. The number of carbonyl (C=O) groups is 1. The highest BCUT2D eigenvalue weighted by molar-refractivity contribution is 5.85. The fourth-order valence-electron chi connectivity index (χ4n) is 3.46. The summed E-state index contributed by atoms with van der Waals surface area (Å²) in [5.41, 5.74) is 10.8. The molecular formula is C17H27ClN2O. The minimum atomic E-state index is 0. The van der Waals surface area contributed by atoms with E-state index in [9.17, 15) is 4.79 Å². The molecule has 0 spiro atoms. The van der Waals surface area contributed by atoms with Crippen LogP contribution >= 0.6 is 12.4 Å². The number of nitrogens with two attached hydrogens (primary N) is 1. The molecule has 0 radical (unpaired) electrons. The molecule has 0 aromatic heterocycles. The summed E-state index contributed by atoms with van der Waals surface area (Å²) in [7, 11) is 0. The van der Waals surface area contributed by atoms with Crippen LogP contribution in [-0.4, -0.2) is 12.5 Å². The molecule has 3 N–H and O–H groups in total. The van der Waals surface area contributed by atoms with Gasteiger partial charge in [0.05, 0.1) is 0 Å². The third-order valence-electron chi connectivity index (χ3n) is 4.58. The van der Waals surface area contributed by atoms with Gasteiger partial charge in [0.2, 0.25) is 5.91 Å². The van der Waals surface area contributed by atoms with Crippen molar-refractivity contribution in [3.8, 4) is 0 Å². The second kappa shape index (κ2) is 7.81. The van der Waals surface area contributed by atoms with Crippen molar-refractivity contribution in [1.29, 1.82) is 0 Å². The van der Waals surface area contributed by atoms with Crippen LogP contribution in [0.4, 0.5) is 0 Å². The zero-order valence-electron chi connectivity index (χ0n) is 13.2. The number of nitrogens with one attached hydrogen (secondary N) is 1. The van der Waals surface area contributed by atoms with Crippen molar-refractivity contribution in [2.24, 2.45) is 17.6 Å². The summed E-state index contributed by atoms with van der Waals surface area (Å²) >= 11 is 0. The zero-order chi connectivity index (χ0) is 14.7. The van der Waals surface area contributed by atoms with E-state index in [2.05, 4.69) is 38.2 Å². The molecule has 1 amide bonds. The first-order valence-corrected chi connectivity index (χ1v) is 7.57. The molecule has 1 saturated carbocycles. The summed E-state index contributed by atoms with van der Waals surface area (Å²) in [5.74, 6) is 0.665. The quantitative estimate of drug-likeness (QED) is 0.898. The van der Waals surface area contributed by atoms with Crippen LogP contribution < -0.4 is 11.1 Å². The van der Waals surface area contributed by atoms with E-state index < -0.39 is 0 Å². The second-order valence-corrected chi connectivity index (χ2v) is 6.13. The summed E-state index contributed by atoms with van der Waals surface area (Å²) in [4.78, 5) is 12.3. The van der Waals surface area contributed by atoms with E-state index in [-0.39, 0.29) is 24.2 Å². The summed E-state index contributed by atoms with van der Waals surface area (Å²) in [5, 5.41) is 3.11. The SMILES string of the molecule is Cc1cc(C)c(CNC(=O)[C@@H]2CCC[C@@H]2CN)c(C)c1.Cl. The minimum absolute atomic E-state index is 0. The fraction of sp³-hybridized carbons (Fsp3) is 0.588. The first-order chi connectivity index (χ1) is 9.52. The highest BCUT2D eigenvalue weighted by atomic mass is 35.5. The average Bonchev–Trinajstić information content (AvgIpc) is 2.85. The van der Waals surface area contributed by atoms with Crippen LogP contribution in [0.5, 0.6) is 0 Å². The molecule has 1 aliphatic rings. The molecular weight excluding hydrogens is 284 g/mol. The van der Waals surface area contributed by atoms with Crippen molar-refractivity contribution in [1.82, 2.24) is 5.32 Å². The van der Waals surface area contributed by atoms with Gasteiger partial charge in [0.15, 0.2) is 0 Å². The van der Waals surface area contributed by atoms with E-state index in [1.165, 1.54) is 22.3 Å². The van der Waals surface area contributed by atoms with Gasteiger partial charge in [-0.1, -0.05) is 24.1 Å². The smallest absolute Gasteiger partial charge is 0.223 e. The van der Waals surface area contributed by atoms with Crippen molar-refractivity contribution >= 4 is 18.3 Å². The normalized spacial score (nSPS) is 21.0. The van der Waals surface area contributed by atoms with E-state index >= 15 is 0 Å². The number of carbonyl (C=O) groups excluding carboxylic acids is 1. The third kappa shape index (κ3) is 4.21. The number of halogens is 1. The Bertz CT molecular complexity index is 479. The predicted octanol–water partition coefficient (Wildman–Crippen LogP) is 3.02. The van der Waals surface area contributed by atoms with Gasteiger partial charge < -0.3 is 11.1 Å². The Hall–Kier alpha value is -1.06. The Labute approximate surface area is 134 Å². The summed E-state index contributed by atoms with van der Waals surface area (Å²) in [6, 6.07) is 4.35. The largest absolute Gasteiger partial charge is 0.352 e. The molecule has 21 heavy (non-hydrogen) atoms. The van der Waals surface area contributed by atoms with Crippen molar-refractivity contribution in [3.63, 3.8) is 0 Å². The molecule has 0 heterocycles. The molecule has 2 rings (SSSR count). The van der Waals surface area contributed by atoms with Crippen molar-refractivity contribution in [2.75, 3.05) is 6.54 Å². The monoisotopic (exact) mass is 310 g/mol. The van der Waals surface area contributed by atoms with Crippen LogP contribution in [-0.2, 0) is 11.3 Å². The van der Waals surface area contributed by atoms with Gasteiger partial charge in [0.1, 0.15) is 0 Å².